The van der Waals surface area contributed by atoms with Crippen LogP contribution in [0, 0.1) is 5.82 Å². The normalized spacial score (nSPS) is 11.4. The largest absolute Gasteiger partial charge is 1.00 e. The van der Waals surface area contributed by atoms with Gasteiger partial charge in [-0.3, -0.25) is 4.57 Å². The number of benzene rings is 1. The summed E-state index contributed by atoms with van der Waals surface area (Å²) in [6, 6.07) is 10.1. The summed E-state index contributed by atoms with van der Waals surface area (Å²) in [5.41, 5.74) is 2.23. The van der Waals surface area contributed by atoms with E-state index in [9.17, 15) is 14.3 Å². The van der Waals surface area contributed by atoms with Crippen molar-refractivity contribution in [2.24, 2.45) is 0 Å². The Kier molecular flexibility index (Phi) is 8.92. The molecule has 0 amide bonds. The van der Waals surface area contributed by atoms with Crippen molar-refractivity contribution in [1.82, 2.24) is 19.7 Å². The molecular formula is C24H26ClFLiN5O3Si. The Morgan fingerprint density at radius 2 is 2.03 bits per heavy atom. The third kappa shape index (κ3) is 6.52. The van der Waals surface area contributed by atoms with Gasteiger partial charge in [-0.25, -0.2) is 14.2 Å². The van der Waals surface area contributed by atoms with Gasteiger partial charge in [-0.1, -0.05) is 31.2 Å². The van der Waals surface area contributed by atoms with Gasteiger partial charge in [0.1, 0.15) is 23.9 Å². The van der Waals surface area contributed by atoms with Crippen LogP contribution in [0.5, 0.6) is 0 Å². The number of aromatic nitrogens is 4. The second-order valence-corrected chi connectivity index (χ2v) is 15.3. The summed E-state index contributed by atoms with van der Waals surface area (Å²) >= 11 is 6.02. The number of ether oxygens (including phenoxy) is 1. The van der Waals surface area contributed by atoms with Crippen molar-refractivity contribution in [3.63, 3.8) is 0 Å². The Hall–Kier alpha value is -2.75. The molecule has 0 spiro atoms. The average molecular weight is 522 g/mol. The number of halogens is 2. The van der Waals surface area contributed by atoms with Crippen molar-refractivity contribution < 1.29 is 39.3 Å². The molecule has 0 aliphatic rings. The standard InChI is InChI=1S/C24H25ClFN5O3Si.Li.H/c1-35(2,3)9-8-34-14-31-22(24(32)33)12-18-20(6-7-27-23(18)31)29-16-11-21(30-28-13-16)17-10-15(25)4-5-19(17)26;;/h4-7,10-13H,8-9,14H2,1-3H3,(H,32,33)(H,27,29,30);;/q;+1;-1. The predicted octanol–water partition coefficient (Wildman–Crippen LogP) is 3.16. The fourth-order valence-electron chi connectivity index (χ4n) is 3.52. The van der Waals surface area contributed by atoms with Crippen molar-refractivity contribution in [2.75, 3.05) is 11.9 Å². The van der Waals surface area contributed by atoms with E-state index in [4.69, 9.17) is 16.3 Å². The summed E-state index contributed by atoms with van der Waals surface area (Å²) in [5, 5.41) is 22.0. The molecule has 0 aliphatic carbocycles. The Morgan fingerprint density at radius 1 is 1.25 bits per heavy atom. The first kappa shape index (κ1) is 27.8. The van der Waals surface area contributed by atoms with Crippen LogP contribution < -0.4 is 24.2 Å². The number of fused-ring (bicyclic) bond motifs is 1. The minimum atomic E-state index is -1.27. The van der Waals surface area contributed by atoms with Crippen molar-refractivity contribution in [3.8, 4) is 11.3 Å². The maximum absolute atomic E-state index is 14.3. The molecule has 1 aromatic carbocycles. The zero-order chi connectivity index (χ0) is 25.2. The number of nitrogens with zero attached hydrogens (tertiary/aromatic N) is 4. The second kappa shape index (κ2) is 11.5. The molecule has 0 unspecified atom stereocenters. The maximum atomic E-state index is 14.3. The van der Waals surface area contributed by atoms with Crippen LogP contribution in [0.4, 0.5) is 15.8 Å². The first-order valence-electron chi connectivity index (χ1n) is 11.0. The fourth-order valence-corrected chi connectivity index (χ4v) is 4.44. The van der Waals surface area contributed by atoms with Crippen LogP contribution in [-0.2, 0) is 11.5 Å². The molecule has 0 aliphatic heterocycles. The van der Waals surface area contributed by atoms with E-state index >= 15 is 0 Å². The molecule has 36 heavy (non-hydrogen) atoms. The number of carboxylic acids is 1. The zero-order valence-electron chi connectivity index (χ0n) is 21.5. The molecule has 4 rings (SSSR count). The molecule has 0 atom stereocenters. The van der Waals surface area contributed by atoms with Crippen LogP contribution >= 0.6 is 11.6 Å². The molecule has 184 valence electrons. The summed E-state index contributed by atoms with van der Waals surface area (Å²) < 4.78 is 21.7. The van der Waals surface area contributed by atoms with Crippen molar-refractivity contribution >= 4 is 48.1 Å². The number of anilines is 2. The fraction of sp³-hybridized carbons (Fsp3) is 0.250. The summed E-state index contributed by atoms with van der Waals surface area (Å²) in [6.45, 7) is 7.40. The quantitative estimate of drug-likeness (QED) is 0.258. The van der Waals surface area contributed by atoms with Crippen LogP contribution in [0.1, 0.15) is 11.9 Å². The molecular weight excluding hydrogens is 496 g/mol. The predicted molar refractivity (Wildman–Crippen MR) is 138 cm³/mol. The topological polar surface area (TPSA) is 102 Å². The molecule has 0 fully saturated rings. The van der Waals surface area contributed by atoms with Crippen LogP contribution in [0.3, 0.4) is 0 Å². The number of carboxylic acid groups (broad SMARTS) is 1. The number of aromatic carboxylic acids is 1. The number of hydrogen-bond acceptors (Lipinski definition) is 6. The van der Waals surface area contributed by atoms with Crippen LogP contribution in [0.25, 0.3) is 22.3 Å². The van der Waals surface area contributed by atoms with Gasteiger partial charge in [-0.15, -0.1) is 0 Å². The van der Waals surface area contributed by atoms with Gasteiger partial charge in [0, 0.05) is 36.8 Å². The van der Waals surface area contributed by atoms with Gasteiger partial charge in [0.15, 0.2) is 0 Å². The van der Waals surface area contributed by atoms with Gasteiger partial charge >= 0.3 is 24.8 Å². The van der Waals surface area contributed by atoms with E-state index in [1.807, 2.05) is 0 Å². The summed E-state index contributed by atoms with van der Waals surface area (Å²) in [5.74, 6) is -1.54. The van der Waals surface area contributed by atoms with Gasteiger partial charge in [0.2, 0.25) is 0 Å². The van der Waals surface area contributed by atoms with Crippen molar-refractivity contribution in [3.05, 3.63) is 65.3 Å². The molecule has 12 heteroatoms. The van der Waals surface area contributed by atoms with Gasteiger partial charge in [0.05, 0.1) is 23.3 Å². The Bertz CT molecular complexity index is 1400. The van der Waals surface area contributed by atoms with E-state index in [0.717, 1.165) is 6.04 Å². The smallest absolute Gasteiger partial charge is 1.00 e. The number of carbonyl (C=O) groups is 1. The molecule has 0 saturated heterocycles. The summed E-state index contributed by atoms with van der Waals surface area (Å²) in [6.07, 6.45) is 3.08. The first-order valence-corrected chi connectivity index (χ1v) is 15.1. The minimum absolute atomic E-state index is 0. The molecule has 0 saturated carbocycles. The van der Waals surface area contributed by atoms with E-state index in [0.29, 0.717) is 39.7 Å². The van der Waals surface area contributed by atoms with Gasteiger partial charge in [-0.05, 0) is 42.4 Å². The Morgan fingerprint density at radius 3 is 2.75 bits per heavy atom. The van der Waals surface area contributed by atoms with E-state index in [1.165, 1.54) is 24.4 Å². The number of nitrogens with one attached hydrogen (secondary N) is 1. The molecule has 4 aromatic rings. The monoisotopic (exact) mass is 521 g/mol. The van der Waals surface area contributed by atoms with Gasteiger partial charge < -0.3 is 16.6 Å². The van der Waals surface area contributed by atoms with Gasteiger partial charge in [0.25, 0.3) is 0 Å². The molecule has 3 heterocycles. The van der Waals surface area contributed by atoms with E-state index in [1.54, 1.807) is 29.0 Å². The SMILES string of the molecule is C[Si](C)(C)CCOCn1c(C(=O)O)cc2c(Nc3cnnc(-c4cc(Cl)ccc4F)c3)ccnc21.[H-].[Li+]. The van der Waals surface area contributed by atoms with E-state index < -0.39 is 19.9 Å². The van der Waals surface area contributed by atoms with Crippen molar-refractivity contribution in [2.45, 2.75) is 32.4 Å². The van der Waals surface area contributed by atoms with E-state index in [2.05, 4.69) is 40.1 Å². The number of rotatable bonds is 9. The number of pyridine rings is 1. The molecule has 0 radical (unpaired) electrons. The van der Waals surface area contributed by atoms with Crippen LogP contribution in [-0.4, -0.2) is 45.5 Å². The molecule has 3 aromatic heterocycles. The van der Waals surface area contributed by atoms with Crippen molar-refractivity contribution in [1.29, 1.82) is 0 Å². The average Bonchev–Trinajstić information content (AvgIpc) is 3.18. The zero-order valence-corrected chi connectivity index (χ0v) is 22.3. The van der Waals surface area contributed by atoms with Crippen LogP contribution in [0.2, 0.25) is 30.7 Å². The third-order valence-corrected chi connectivity index (χ3v) is 7.31. The molecule has 0 bridgehead atoms. The first-order chi connectivity index (χ1) is 16.6. The summed E-state index contributed by atoms with van der Waals surface area (Å²) in [4.78, 5) is 16.3. The van der Waals surface area contributed by atoms with Gasteiger partial charge in [-0.2, -0.15) is 10.2 Å². The number of hydrogen-bond donors (Lipinski definition) is 2. The Balaban J connectivity index is 0.00000241. The van der Waals surface area contributed by atoms with E-state index in [-0.39, 0.29) is 38.3 Å². The minimum Gasteiger partial charge on any atom is -1.00 e. The third-order valence-electron chi connectivity index (χ3n) is 5.37. The molecule has 2 N–H and O–H groups in total. The maximum Gasteiger partial charge on any atom is 1.00 e. The van der Waals surface area contributed by atoms with Crippen LogP contribution in [0.15, 0.2) is 48.8 Å². The second-order valence-electron chi connectivity index (χ2n) is 9.29. The Labute approximate surface area is 227 Å². The summed E-state index contributed by atoms with van der Waals surface area (Å²) in [7, 11) is -1.27. The molecule has 8 nitrogen and oxygen atoms in total.